The molecule has 90 valence electrons. The summed E-state index contributed by atoms with van der Waals surface area (Å²) in [5.41, 5.74) is -0.758. The fraction of sp³-hybridized carbons (Fsp3) is 0.364. The van der Waals surface area contributed by atoms with E-state index in [1.54, 1.807) is 0 Å². The first-order valence-corrected chi connectivity index (χ1v) is 6.96. The zero-order valence-electron chi connectivity index (χ0n) is 8.93. The Balaban J connectivity index is 2.25. The maximum atomic E-state index is 12.1. The second kappa shape index (κ2) is 3.01. The number of carbonyl (C=O) groups is 1. The minimum Gasteiger partial charge on any atom is -0.506 e. The molecule has 0 radical (unpaired) electrons. The van der Waals surface area contributed by atoms with Crippen molar-refractivity contribution in [3.05, 3.63) is 18.2 Å². The number of amides is 1. The highest BCUT2D eigenvalue weighted by atomic mass is 32.2. The van der Waals surface area contributed by atoms with E-state index in [-0.39, 0.29) is 28.0 Å². The van der Waals surface area contributed by atoms with E-state index in [1.165, 1.54) is 18.2 Å². The van der Waals surface area contributed by atoms with E-state index in [4.69, 9.17) is 0 Å². The predicted molar refractivity (Wildman–Crippen MR) is 60.5 cm³/mol. The van der Waals surface area contributed by atoms with Gasteiger partial charge in [0.1, 0.15) is 11.4 Å². The van der Waals surface area contributed by atoms with Gasteiger partial charge in [0, 0.05) is 0 Å². The van der Waals surface area contributed by atoms with Gasteiger partial charge in [-0.2, -0.15) is 0 Å². The number of benzene rings is 1. The fourth-order valence-corrected chi connectivity index (χ4v) is 4.24. The number of para-hydroxylation sites is 1. The maximum absolute atomic E-state index is 12.1. The third-order valence-corrected chi connectivity index (χ3v) is 5.32. The number of aromatic hydroxyl groups is 1. The molecular formula is C11H11NO4S. The van der Waals surface area contributed by atoms with Crippen molar-refractivity contribution in [1.82, 2.24) is 0 Å². The number of rotatable bonds is 0. The van der Waals surface area contributed by atoms with Crippen molar-refractivity contribution in [2.75, 3.05) is 11.1 Å². The first-order valence-electron chi connectivity index (χ1n) is 5.31. The maximum Gasteiger partial charge on any atom is 0.231 e. The molecule has 1 heterocycles. The van der Waals surface area contributed by atoms with E-state index in [9.17, 15) is 18.3 Å². The summed E-state index contributed by atoms with van der Waals surface area (Å²) >= 11 is 0. The van der Waals surface area contributed by atoms with Gasteiger partial charge in [-0.25, -0.2) is 8.42 Å². The van der Waals surface area contributed by atoms with Crippen LogP contribution >= 0.6 is 0 Å². The first-order chi connectivity index (χ1) is 7.95. The molecule has 17 heavy (non-hydrogen) atoms. The molecule has 3 rings (SSSR count). The Bertz CT molecular complexity index is 616. The van der Waals surface area contributed by atoms with Crippen LogP contribution in [0.4, 0.5) is 5.69 Å². The minimum atomic E-state index is -3.52. The van der Waals surface area contributed by atoms with Gasteiger partial charge in [-0.05, 0) is 25.0 Å². The van der Waals surface area contributed by atoms with Crippen molar-refractivity contribution in [3.8, 4) is 5.75 Å². The summed E-state index contributed by atoms with van der Waals surface area (Å²) in [5, 5.41) is 12.2. The van der Waals surface area contributed by atoms with Crippen LogP contribution in [0.2, 0.25) is 0 Å². The number of hydrogen-bond donors (Lipinski definition) is 2. The van der Waals surface area contributed by atoms with Crippen LogP contribution in [-0.2, 0) is 14.6 Å². The molecule has 0 unspecified atom stereocenters. The van der Waals surface area contributed by atoms with E-state index >= 15 is 0 Å². The highest BCUT2D eigenvalue weighted by Crippen LogP contribution is 2.51. The largest absolute Gasteiger partial charge is 0.506 e. The Kier molecular flexibility index (Phi) is 1.87. The summed E-state index contributed by atoms with van der Waals surface area (Å²) in [6.45, 7) is 0. The molecule has 1 aromatic carbocycles. The number of phenols is 1. The summed E-state index contributed by atoms with van der Waals surface area (Å²) in [6.07, 6.45) is 1.18. The van der Waals surface area contributed by atoms with Gasteiger partial charge in [0.2, 0.25) is 5.91 Å². The molecule has 1 aromatic rings. The zero-order valence-corrected chi connectivity index (χ0v) is 9.75. The SMILES string of the molecule is O=C1Nc2c(O)cccc2S(=O)(=O)CC12CC2. The van der Waals surface area contributed by atoms with Gasteiger partial charge in [0.05, 0.1) is 16.1 Å². The van der Waals surface area contributed by atoms with E-state index < -0.39 is 15.3 Å². The Morgan fingerprint density at radius 3 is 2.65 bits per heavy atom. The van der Waals surface area contributed by atoms with Crippen LogP contribution in [-0.4, -0.2) is 25.2 Å². The molecule has 0 bridgehead atoms. The van der Waals surface area contributed by atoms with Gasteiger partial charge in [0.15, 0.2) is 9.84 Å². The number of nitrogens with one attached hydrogen (secondary N) is 1. The van der Waals surface area contributed by atoms with E-state index in [0.717, 1.165) is 0 Å². The van der Waals surface area contributed by atoms with Gasteiger partial charge in [-0.1, -0.05) is 6.07 Å². The number of phenolic OH excluding ortho intramolecular Hbond substituents is 1. The molecule has 6 heteroatoms. The predicted octanol–water partition coefficient (Wildman–Crippen LogP) is 0.898. The number of anilines is 1. The molecule has 2 aliphatic rings. The van der Waals surface area contributed by atoms with Crippen LogP contribution in [0.3, 0.4) is 0 Å². The van der Waals surface area contributed by atoms with Crippen molar-refractivity contribution < 1.29 is 18.3 Å². The van der Waals surface area contributed by atoms with E-state index in [2.05, 4.69) is 5.32 Å². The molecule has 1 aliphatic heterocycles. The lowest BCUT2D eigenvalue weighted by molar-refractivity contribution is -0.120. The average Bonchev–Trinajstić information content (AvgIpc) is 3.00. The third-order valence-electron chi connectivity index (χ3n) is 3.38. The van der Waals surface area contributed by atoms with Gasteiger partial charge in [-0.3, -0.25) is 4.79 Å². The second-order valence-corrected chi connectivity index (χ2v) is 6.60. The first kappa shape index (κ1) is 10.6. The number of sulfone groups is 1. The topological polar surface area (TPSA) is 83.5 Å². The van der Waals surface area contributed by atoms with Gasteiger partial charge in [-0.15, -0.1) is 0 Å². The van der Waals surface area contributed by atoms with Gasteiger partial charge < -0.3 is 10.4 Å². The molecule has 1 spiro atoms. The normalized spacial score (nSPS) is 23.6. The van der Waals surface area contributed by atoms with Crippen LogP contribution in [0.15, 0.2) is 23.1 Å². The quantitative estimate of drug-likeness (QED) is 0.673. The van der Waals surface area contributed by atoms with E-state index in [1.807, 2.05) is 0 Å². The van der Waals surface area contributed by atoms with Crippen molar-refractivity contribution in [3.63, 3.8) is 0 Å². The number of fused-ring (bicyclic) bond motifs is 1. The molecule has 5 nitrogen and oxygen atoms in total. The highest BCUT2D eigenvalue weighted by Gasteiger charge is 2.55. The molecule has 0 aromatic heterocycles. The molecule has 0 atom stereocenters. The molecule has 1 aliphatic carbocycles. The van der Waals surface area contributed by atoms with Crippen molar-refractivity contribution in [2.45, 2.75) is 17.7 Å². The Morgan fingerprint density at radius 2 is 2.00 bits per heavy atom. The van der Waals surface area contributed by atoms with E-state index in [0.29, 0.717) is 12.8 Å². The Labute approximate surface area is 98.4 Å². The Hall–Kier alpha value is -1.56. The Morgan fingerprint density at radius 1 is 1.29 bits per heavy atom. The van der Waals surface area contributed by atoms with Crippen molar-refractivity contribution in [1.29, 1.82) is 0 Å². The molecule has 1 saturated carbocycles. The highest BCUT2D eigenvalue weighted by molar-refractivity contribution is 7.91. The van der Waals surface area contributed by atoms with Crippen LogP contribution < -0.4 is 5.32 Å². The van der Waals surface area contributed by atoms with Gasteiger partial charge in [0.25, 0.3) is 0 Å². The summed E-state index contributed by atoms with van der Waals surface area (Å²) in [7, 11) is -3.52. The van der Waals surface area contributed by atoms with Crippen LogP contribution in [0.1, 0.15) is 12.8 Å². The summed E-state index contributed by atoms with van der Waals surface area (Å²) < 4.78 is 24.3. The molecule has 1 fully saturated rings. The molecule has 2 N–H and O–H groups in total. The monoisotopic (exact) mass is 253 g/mol. The third kappa shape index (κ3) is 1.44. The second-order valence-electron chi connectivity index (χ2n) is 4.64. The lowest BCUT2D eigenvalue weighted by atomic mass is 10.1. The van der Waals surface area contributed by atoms with Crippen LogP contribution in [0.5, 0.6) is 5.75 Å². The summed E-state index contributed by atoms with van der Waals surface area (Å²) in [4.78, 5) is 11.9. The minimum absolute atomic E-state index is 0.00891. The van der Waals surface area contributed by atoms with Crippen LogP contribution in [0.25, 0.3) is 0 Å². The average molecular weight is 253 g/mol. The van der Waals surface area contributed by atoms with Gasteiger partial charge >= 0.3 is 0 Å². The fourth-order valence-electron chi connectivity index (χ4n) is 2.18. The lowest BCUT2D eigenvalue weighted by Crippen LogP contribution is -2.27. The molecular weight excluding hydrogens is 242 g/mol. The smallest absolute Gasteiger partial charge is 0.231 e. The van der Waals surface area contributed by atoms with Crippen molar-refractivity contribution >= 4 is 21.4 Å². The van der Waals surface area contributed by atoms with Crippen molar-refractivity contribution in [2.24, 2.45) is 5.41 Å². The number of hydrogen-bond acceptors (Lipinski definition) is 4. The standard InChI is InChI=1S/C11H11NO4S/c13-7-2-1-3-8-9(7)12-10(14)11(4-5-11)6-17(8,15)16/h1-3,13H,4-6H2,(H,12,14). The molecule has 0 saturated heterocycles. The van der Waals surface area contributed by atoms with Crippen LogP contribution in [0, 0.1) is 5.41 Å². The lowest BCUT2D eigenvalue weighted by Gasteiger charge is -2.09. The summed E-state index contributed by atoms with van der Waals surface area (Å²) in [6, 6.07) is 4.23. The molecule has 1 amide bonds. The number of carbonyl (C=O) groups excluding carboxylic acids is 1. The zero-order chi connectivity index (χ0) is 12.3. The summed E-state index contributed by atoms with van der Waals surface area (Å²) in [5.74, 6) is -0.680.